The number of halogens is 1. The van der Waals surface area contributed by atoms with Crippen molar-refractivity contribution >= 4 is 15.9 Å². The zero-order valence-electron chi connectivity index (χ0n) is 19.4. The Morgan fingerprint density at radius 1 is 0.794 bits per heavy atom. The fourth-order valence-corrected chi connectivity index (χ4v) is 5.27. The van der Waals surface area contributed by atoms with Crippen LogP contribution in [-0.2, 0) is 27.8 Å². The number of amides is 1. The zero-order valence-corrected chi connectivity index (χ0v) is 20.3. The largest absolute Gasteiger partial charge is 0.338 e. The lowest BCUT2D eigenvalue weighted by molar-refractivity contribution is -0.131. The molecule has 180 valence electrons. The van der Waals surface area contributed by atoms with Crippen LogP contribution in [0.3, 0.4) is 0 Å². The van der Waals surface area contributed by atoms with Gasteiger partial charge in [-0.3, -0.25) is 4.79 Å². The van der Waals surface area contributed by atoms with E-state index in [0.29, 0.717) is 25.9 Å². The molecule has 0 aliphatic heterocycles. The van der Waals surface area contributed by atoms with E-state index in [9.17, 15) is 17.6 Å². The van der Waals surface area contributed by atoms with E-state index in [0.717, 1.165) is 23.3 Å². The molecule has 0 aliphatic carbocycles. The van der Waals surface area contributed by atoms with Gasteiger partial charge >= 0.3 is 0 Å². The second-order valence-electron chi connectivity index (χ2n) is 8.14. The summed E-state index contributed by atoms with van der Waals surface area (Å²) >= 11 is 0. The molecule has 0 atom stereocenters. The summed E-state index contributed by atoms with van der Waals surface area (Å²) in [5, 5.41) is 0. The van der Waals surface area contributed by atoms with Crippen LogP contribution in [-0.4, -0.2) is 43.2 Å². The predicted molar refractivity (Wildman–Crippen MR) is 132 cm³/mol. The lowest BCUT2D eigenvalue weighted by Crippen LogP contribution is -2.38. The highest BCUT2D eigenvalue weighted by molar-refractivity contribution is 7.89. The molecule has 34 heavy (non-hydrogen) atoms. The van der Waals surface area contributed by atoms with E-state index in [2.05, 4.69) is 0 Å². The summed E-state index contributed by atoms with van der Waals surface area (Å²) in [6.07, 6.45) is 1.39. The minimum absolute atomic E-state index is 0.0278. The Bertz CT molecular complexity index is 1140. The van der Waals surface area contributed by atoms with E-state index in [1.165, 1.54) is 16.4 Å². The van der Waals surface area contributed by atoms with Gasteiger partial charge in [-0.1, -0.05) is 67.6 Å². The van der Waals surface area contributed by atoms with Crippen molar-refractivity contribution in [1.29, 1.82) is 0 Å². The molecule has 7 heteroatoms. The number of carbonyl (C=O) groups is 1. The number of sulfonamides is 1. The number of hydrogen-bond acceptors (Lipinski definition) is 3. The molecule has 0 N–H and O–H groups in total. The standard InChI is InChI=1S/C27H31FN2O3S/c1-2-19-30(34(32,33)26-15-13-25(28)14-16-26)21-18-27(31)29(22-24-11-7-4-8-12-24)20-17-23-9-5-3-6-10-23/h3-16H,2,17-22H2,1H3. The Hall–Kier alpha value is -3.03. The van der Waals surface area contributed by atoms with Crippen LogP contribution in [0, 0.1) is 5.82 Å². The van der Waals surface area contributed by atoms with Crippen LogP contribution in [0.2, 0.25) is 0 Å². The molecule has 3 aromatic carbocycles. The molecule has 0 aromatic heterocycles. The highest BCUT2D eigenvalue weighted by Gasteiger charge is 2.25. The Balaban J connectivity index is 1.71. The smallest absolute Gasteiger partial charge is 0.243 e. The van der Waals surface area contributed by atoms with Gasteiger partial charge in [-0.05, 0) is 48.2 Å². The van der Waals surface area contributed by atoms with E-state index < -0.39 is 15.8 Å². The van der Waals surface area contributed by atoms with Gasteiger partial charge in [0.1, 0.15) is 5.82 Å². The highest BCUT2D eigenvalue weighted by atomic mass is 32.2. The van der Waals surface area contributed by atoms with Gasteiger partial charge in [-0.15, -0.1) is 0 Å². The number of hydrogen-bond donors (Lipinski definition) is 0. The summed E-state index contributed by atoms with van der Waals surface area (Å²) in [5.74, 6) is -0.596. The Morgan fingerprint density at radius 3 is 1.97 bits per heavy atom. The molecule has 0 bridgehead atoms. The van der Waals surface area contributed by atoms with E-state index in [-0.39, 0.29) is 30.3 Å². The summed E-state index contributed by atoms with van der Waals surface area (Å²) in [7, 11) is -3.82. The quantitative estimate of drug-likeness (QED) is 0.369. The van der Waals surface area contributed by atoms with Gasteiger partial charge in [0.2, 0.25) is 15.9 Å². The van der Waals surface area contributed by atoms with Crippen LogP contribution in [0.4, 0.5) is 4.39 Å². The molecule has 3 rings (SSSR count). The zero-order chi connectivity index (χ0) is 24.4. The van der Waals surface area contributed by atoms with Gasteiger partial charge < -0.3 is 4.90 Å². The van der Waals surface area contributed by atoms with Crippen molar-refractivity contribution in [1.82, 2.24) is 9.21 Å². The minimum Gasteiger partial charge on any atom is -0.338 e. The SMILES string of the molecule is CCCN(CCC(=O)N(CCc1ccccc1)Cc1ccccc1)S(=O)(=O)c1ccc(F)cc1. The highest BCUT2D eigenvalue weighted by Crippen LogP contribution is 2.18. The van der Waals surface area contributed by atoms with E-state index >= 15 is 0 Å². The molecular formula is C27H31FN2O3S. The van der Waals surface area contributed by atoms with Crippen molar-refractivity contribution in [3.8, 4) is 0 Å². The third-order valence-corrected chi connectivity index (χ3v) is 7.49. The lowest BCUT2D eigenvalue weighted by Gasteiger charge is -2.26. The Kier molecular flexibility index (Phi) is 9.36. The maximum Gasteiger partial charge on any atom is 0.243 e. The van der Waals surface area contributed by atoms with Crippen LogP contribution in [0.25, 0.3) is 0 Å². The van der Waals surface area contributed by atoms with Gasteiger partial charge in [0.15, 0.2) is 0 Å². The summed E-state index contributed by atoms with van der Waals surface area (Å²) < 4.78 is 40.8. The second-order valence-corrected chi connectivity index (χ2v) is 10.1. The second kappa shape index (κ2) is 12.4. The molecule has 0 heterocycles. The van der Waals surface area contributed by atoms with Gasteiger partial charge in [-0.2, -0.15) is 4.31 Å². The lowest BCUT2D eigenvalue weighted by atomic mass is 10.1. The van der Waals surface area contributed by atoms with Gasteiger partial charge in [0.25, 0.3) is 0 Å². The molecule has 0 saturated heterocycles. The topological polar surface area (TPSA) is 57.7 Å². The first-order valence-electron chi connectivity index (χ1n) is 11.5. The van der Waals surface area contributed by atoms with Crippen LogP contribution >= 0.6 is 0 Å². The predicted octanol–water partition coefficient (Wildman–Crippen LogP) is 4.89. The monoisotopic (exact) mass is 482 g/mol. The summed E-state index contributed by atoms with van der Waals surface area (Å²) in [6.45, 7) is 3.25. The molecule has 0 fully saturated rings. The van der Waals surface area contributed by atoms with Crippen LogP contribution in [0.5, 0.6) is 0 Å². The third kappa shape index (κ3) is 7.23. The molecule has 3 aromatic rings. The Labute approximate surface area is 201 Å². The molecule has 0 saturated carbocycles. The minimum atomic E-state index is -3.82. The summed E-state index contributed by atoms with van der Waals surface area (Å²) in [6, 6.07) is 24.5. The van der Waals surface area contributed by atoms with Gasteiger partial charge in [0, 0.05) is 32.6 Å². The molecule has 0 radical (unpaired) electrons. The maximum atomic E-state index is 13.3. The normalized spacial score (nSPS) is 11.5. The molecule has 0 spiro atoms. The van der Waals surface area contributed by atoms with E-state index in [1.54, 1.807) is 4.90 Å². The van der Waals surface area contributed by atoms with E-state index in [4.69, 9.17) is 0 Å². The number of nitrogens with zero attached hydrogens (tertiary/aromatic N) is 2. The van der Waals surface area contributed by atoms with Crippen LogP contribution in [0.15, 0.2) is 89.8 Å². The molecular weight excluding hydrogens is 451 g/mol. The van der Waals surface area contributed by atoms with Crippen molar-refractivity contribution in [3.63, 3.8) is 0 Å². The van der Waals surface area contributed by atoms with Gasteiger partial charge in [-0.25, -0.2) is 12.8 Å². The molecule has 0 unspecified atom stereocenters. The van der Waals surface area contributed by atoms with Crippen molar-refractivity contribution in [2.24, 2.45) is 0 Å². The molecule has 1 amide bonds. The fourth-order valence-electron chi connectivity index (χ4n) is 3.74. The van der Waals surface area contributed by atoms with Crippen molar-refractivity contribution < 1.29 is 17.6 Å². The maximum absolute atomic E-state index is 13.3. The van der Waals surface area contributed by atoms with Crippen LogP contribution in [0.1, 0.15) is 30.9 Å². The number of carbonyl (C=O) groups excluding carboxylic acids is 1. The first kappa shape index (κ1) is 25.6. The summed E-state index contributed by atoms with van der Waals surface area (Å²) in [5.41, 5.74) is 2.16. The average Bonchev–Trinajstić information content (AvgIpc) is 2.85. The van der Waals surface area contributed by atoms with Crippen molar-refractivity contribution in [2.45, 2.75) is 37.6 Å². The molecule has 0 aliphatic rings. The average molecular weight is 483 g/mol. The van der Waals surface area contributed by atoms with E-state index in [1.807, 2.05) is 67.6 Å². The first-order valence-corrected chi connectivity index (χ1v) is 13.0. The number of rotatable bonds is 12. The fraction of sp³-hybridized carbons (Fsp3) is 0.296. The third-order valence-electron chi connectivity index (χ3n) is 5.58. The summed E-state index contributed by atoms with van der Waals surface area (Å²) in [4.78, 5) is 15.1. The van der Waals surface area contributed by atoms with Crippen molar-refractivity contribution in [3.05, 3.63) is 102 Å². The molecule has 5 nitrogen and oxygen atoms in total. The first-order chi connectivity index (χ1) is 16.4. The van der Waals surface area contributed by atoms with Crippen molar-refractivity contribution in [2.75, 3.05) is 19.6 Å². The van der Waals surface area contributed by atoms with Gasteiger partial charge in [0.05, 0.1) is 4.90 Å². The van der Waals surface area contributed by atoms with Crippen LogP contribution < -0.4 is 0 Å². The Morgan fingerprint density at radius 2 is 1.38 bits per heavy atom. The number of benzene rings is 3.